The van der Waals surface area contributed by atoms with Crippen LogP contribution in [0, 0.1) is 23.2 Å². The van der Waals surface area contributed by atoms with E-state index in [1.165, 1.54) is 12.8 Å². The Kier molecular flexibility index (Phi) is 12.0. The van der Waals surface area contributed by atoms with Crippen molar-refractivity contribution in [1.29, 1.82) is 0 Å². The first-order chi connectivity index (χ1) is 35.8. The predicted octanol–water partition coefficient (Wildman–Crippen LogP) is 5.83. The Bertz CT molecular complexity index is 2810. The number of dihydropyridines is 1. The Morgan fingerprint density at radius 3 is 2.24 bits per heavy atom. The summed E-state index contributed by atoms with van der Waals surface area (Å²) in [5.41, 5.74) is 4.57. The zero-order valence-corrected chi connectivity index (χ0v) is 43.5. The zero-order valence-electron chi connectivity index (χ0n) is 43.5. The van der Waals surface area contributed by atoms with E-state index in [0.29, 0.717) is 95.4 Å². The highest BCUT2D eigenvalue weighted by molar-refractivity contribution is 6.10. The fourth-order valence-electron chi connectivity index (χ4n) is 14.6. The van der Waals surface area contributed by atoms with Crippen LogP contribution in [0.3, 0.4) is 0 Å². The number of benzene rings is 1. The highest BCUT2D eigenvalue weighted by Gasteiger charge is 2.58. The first kappa shape index (κ1) is 48.0. The summed E-state index contributed by atoms with van der Waals surface area (Å²) in [6.45, 7) is 12.2. The van der Waals surface area contributed by atoms with Crippen molar-refractivity contribution in [1.82, 2.24) is 39.5 Å². The second-order valence-corrected chi connectivity index (χ2v) is 24.2. The van der Waals surface area contributed by atoms with E-state index >= 15 is 4.79 Å². The fraction of sp³-hybridized carbons (Fsp3) is 0.649. The lowest BCUT2D eigenvalue weighted by atomic mass is 9.72. The molecule has 2 aliphatic carbocycles. The number of nitrogens with zero attached hydrogens (tertiary/aromatic N) is 9. The second-order valence-electron chi connectivity index (χ2n) is 24.2. The van der Waals surface area contributed by atoms with Crippen molar-refractivity contribution in [2.24, 2.45) is 28.2 Å². The molecule has 4 unspecified atom stereocenters. The average Bonchev–Trinajstić information content (AvgIpc) is 4.01. The largest absolute Gasteiger partial charge is 0.378 e. The van der Waals surface area contributed by atoms with E-state index in [2.05, 4.69) is 81.0 Å². The summed E-state index contributed by atoms with van der Waals surface area (Å²) in [6.07, 6.45) is 17.4. The number of amidine groups is 1. The van der Waals surface area contributed by atoms with Crippen molar-refractivity contribution < 1.29 is 28.7 Å². The van der Waals surface area contributed by atoms with Gasteiger partial charge >= 0.3 is 0 Å². The van der Waals surface area contributed by atoms with E-state index < -0.39 is 10.8 Å². The van der Waals surface area contributed by atoms with Gasteiger partial charge < -0.3 is 34.2 Å². The van der Waals surface area contributed by atoms with E-state index in [0.717, 1.165) is 110 Å². The van der Waals surface area contributed by atoms with Crippen LogP contribution in [0.2, 0.25) is 0 Å². The number of carbonyl (C=O) groups is 5. The predicted molar refractivity (Wildman–Crippen MR) is 280 cm³/mol. The number of likely N-dealkylation sites (tertiary alicyclic amines) is 3. The molecular formula is C57H73N11O6. The molecule has 17 nitrogen and oxygen atoms in total. The number of nitrogens with one attached hydrogen (secondary N) is 2. The summed E-state index contributed by atoms with van der Waals surface area (Å²) in [4.78, 5) is 94.3. The molecule has 5 amide bonds. The maximum Gasteiger partial charge on any atom is 0.238 e. The van der Waals surface area contributed by atoms with Crippen molar-refractivity contribution >= 4 is 57.9 Å². The molecule has 10 aliphatic rings. The van der Waals surface area contributed by atoms with Crippen LogP contribution in [-0.2, 0) is 34.1 Å². The van der Waals surface area contributed by atoms with E-state index in [1.54, 1.807) is 0 Å². The number of fused-ring (bicyclic) bond motifs is 5. The Hall–Kier alpha value is -5.68. The van der Waals surface area contributed by atoms with Crippen LogP contribution in [0.25, 0.3) is 22.3 Å². The van der Waals surface area contributed by atoms with Crippen LogP contribution in [0.5, 0.6) is 0 Å². The van der Waals surface area contributed by atoms with Crippen LogP contribution in [0.4, 0.5) is 11.5 Å². The van der Waals surface area contributed by atoms with Gasteiger partial charge in [-0.15, -0.1) is 0 Å². The van der Waals surface area contributed by atoms with Gasteiger partial charge in [0.1, 0.15) is 11.4 Å². The molecule has 74 heavy (non-hydrogen) atoms. The van der Waals surface area contributed by atoms with E-state index in [1.807, 2.05) is 22.2 Å². The molecule has 6 saturated heterocycles. The number of rotatable bonds is 9. The average molecular weight is 1010 g/mol. The fourth-order valence-corrected chi connectivity index (χ4v) is 14.6. The maximum atomic E-state index is 15.4. The zero-order chi connectivity index (χ0) is 50.6. The molecule has 1 aromatic carbocycles. The van der Waals surface area contributed by atoms with Crippen LogP contribution in [0.1, 0.15) is 122 Å². The third-order valence-corrected chi connectivity index (χ3v) is 19.4. The number of imide groups is 1. The minimum Gasteiger partial charge on any atom is -0.378 e. The molecule has 17 heteroatoms. The molecule has 2 bridgehead atoms. The Balaban J connectivity index is 0.671. The summed E-state index contributed by atoms with van der Waals surface area (Å²) >= 11 is 0. The monoisotopic (exact) mass is 1010 g/mol. The number of anilines is 2. The Labute approximate surface area is 433 Å². The van der Waals surface area contributed by atoms with Gasteiger partial charge in [-0.05, 0) is 121 Å². The number of morpholine rings is 1. The molecule has 0 radical (unpaired) electrons. The SMILES string of the molecule is CC(C)n1cnc2cc(-c3ccc4c(c3)N([C@H]3C[C@@H](N5C6CCC5COC6)C3)C(=O)C43CCN(C(=O)C4(C)CCN(C(=O)C5CCN(C6=NCC(C7CCC(=O)NC7=O)C=C6)CC5)CC4)CC3)nc(NC3CC3)c21. The minimum absolute atomic E-state index is 0.0131. The molecule has 2 N–H and O–H groups in total. The lowest BCUT2D eigenvalue weighted by Gasteiger charge is -2.50. The number of imidazole rings is 1. The van der Waals surface area contributed by atoms with Crippen molar-refractivity contribution in [3.8, 4) is 11.3 Å². The molecule has 3 aromatic rings. The lowest BCUT2D eigenvalue weighted by molar-refractivity contribution is -0.150. The summed E-state index contributed by atoms with van der Waals surface area (Å²) < 4.78 is 8.16. The number of aliphatic imine (C=N–C) groups is 1. The number of hydrogen-bond donors (Lipinski definition) is 2. The highest BCUT2D eigenvalue weighted by atomic mass is 16.5. The highest BCUT2D eigenvalue weighted by Crippen LogP contribution is 2.53. The van der Waals surface area contributed by atoms with Crippen molar-refractivity contribution in [3.63, 3.8) is 0 Å². The number of pyridine rings is 1. The molecule has 10 heterocycles. The number of hydrogen-bond acceptors (Lipinski definition) is 12. The van der Waals surface area contributed by atoms with Crippen LogP contribution < -0.4 is 15.5 Å². The molecule has 13 rings (SSSR count). The summed E-state index contributed by atoms with van der Waals surface area (Å²) in [5.74, 6) is 1.58. The minimum atomic E-state index is -0.704. The summed E-state index contributed by atoms with van der Waals surface area (Å²) in [7, 11) is 0. The van der Waals surface area contributed by atoms with Gasteiger partial charge in [0.2, 0.25) is 29.5 Å². The van der Waals surface area contributed by atoms with Gasteiger partial charge in [0, 0.05) is 123 Å². The number of piperidine rings is 4. The van der Waals surface area contributed by atoms with Crippen LogP contribution in [0.15, 0.2) is 47.7 Å². The maximum absolute atomic E-state index is 15.4. The molecule has 1 spiro atoms. The van der Waals surface area contributed by atoms with E-state index in [9.17, 15) is 19.2 Å². The molecule has 2 saturated carbocycles. The number of carbonyl (C=O) groups excluding carboxylic acids is 5. The van der Waals surface area contributed by atoms with Crippen molar-refractivity contribution in [2.45, 2.75) is 152 Å². The van der Waals surface area contributed by atoms with Gasteiger partial charge in [0.25, 0.3) is 0 Å². The second kappa shape index (κ2) is 18.6. The number of aromatic nitrogens is 3. The van der Waals surface area contributed by atoms with Gasteiger partial charge in [-0.25, -0.2) is 9.97 Å². The van der Waals surface area contributed by atoms with Gasteiger partial charge in [-0.3, -0.25) is 39.2 Å². The third kappa shape index (κ3) is 8.24. The van der Waals surface area contributed by atoms with E-state index in [4.69, 9.17) is 19.7 Å². The number of ether oxygens (including phenoxy) is 1. The molecule has 8 aliphatic heterocycles. The van der Waals surface area contributed by atoms with Gasteiger partial charge in [-0.2, -0.15) is 0 Å². The van der Waals surface area contributed by atoms with Gasteiger partial charge in [-0.1, -0.05) is 25.1 Å². The van der Waals surface area contributed by atoms with Gasteiger partial charge in [0.15, 0.2) is 5.82 Å². The normalized spacial score (nSPS) is 30.0. The molecule has 392 valence electrons. The van der Waals surface area contributed by atoms with Crippen LogP contribution in [-0.4, -0.2) is 159 Å². The molecular weight excluding hydrogens is 935 g/mol. The first-order valence-corrected chi connectivity index (χ1v) is 28.2. The molecule has 8 fully saturated rings. The topological polar surface area (TPSA) is 178 Å². The smallest absolute Gasteiger partial charge is 0.238 e. The summed E-state index contributed by atoms with van der Waals surface area (Å²) in [5, 5.41) is 6.18. The van der Waals surface area contributed by atoms with Crippen LogP contribution >= 0.6 is 0 Å². The van der Waals surface area contributed by atoms with E-state index in [-0.39, 0.29) is 59.4 Å². The lowest BCUT2D eigenvalue weighted by Crippen LogP contribution is -2.62. The quantitative estimate of drug-likeness (QED) is 0.247. The van der Waals surface area contributed by atoms with Crippen molar-refractivity contribution in [3.05, 3.63) is 48.3 Å². The third-order valence-electron chi connectivity index (χ3n) is 19.4. The molecule has 2 aromatic heterocycles. The molecule has 4 atom stereocenters. The standard InChI is InChI=1S/C57H73N11O6/c1-34(2)66-33-59-46-29-45(61-51(50(46)66)60-38-6-7-38)36-4-11-44-47(26-36)68(42-27-41(28-42)67-39-8-9-40(67)32-74-31-39)55(73)57(44)18-24-65(25-19-57)54(72)56(3)16-22-64(23-17-56)53(71)35-14-20-63(21-15-35)48-12-5-37(30-58-48)43-10-13-49(69)62-52(43)70/h4-5,11-12,26,29,33-35,37-43H,6-10,13-25,27-28,30-32H2,1-3H3,(H,60,61)(H,62,69,70)/t37?,39?,40?,41-,42+,43?. The van der Waals surface area contributed by atoms with Crippen molar-refractivity contribution in [2.75, 3.05) is 69.2 Å². The summed E-state index contributed by atoms with van der Waals surface area (Å²) in [6, 6.07) is 10.9. The Morgan fingerprint density at radius 1 is 0.838 bits per heavy atom. The number of amides is 5. The Morgan fingerprint density at radius 2 is 1.57 bits per heavy atom. The van der Waals surface area contributed by atoms with Gasteiger partial charge in [0.05, 0.1) is 36.2 Å². The first-order valence-electron chi connectivity index (χ1n) is 28.2.